The molecule has 1 atom stereocenters. The first kappa shape index (κ1) is 27.3. The predicted molar refractivity (Wildman–Crippen MR) is 161 cm³/mol. The molecule has 1 heterocycles. The molecule has 0 saturated heterocycles. The number of imidazole rings is 1. The van der Waals surface area contributed by atoms with Crippen LogP contribution in [0.2, 0.25) is 0 Å². The molecule has 1 saturated carbocycles. The maximum absolute atomic E-state index is 12.9. The minimum Gasteiger partial charge on any atom is -0.484 e. The highest BCUT2D eigenvalue weighted by Gasteiger charge is 2.25. The third-order valence-electron chi connectivity index (χ3n) is 8.07. The van der Waals surface area contributed by atoms with Crippen molar-refractivity contribution in [3.05, 3.63) is 113 Å². The number of hydrogen-bond donors (Lipinski definition) is 1. The monoisotopic (exact) mass is 565 g/mol. The molecule has 1 fully saturated rings. The molecule has 0 aliphatic heterocycles. The second-order valence-corrected chi connectivity index (χ2v) is 11.9. The normalized spacial score (nSPS) is 15.9. The highest BCUT2D eigenvalue weighted by atomic mass is 32.2. The number of aromatic nitrogens is 2. The summed E-state index contributed by atoms with van der Waals surface area (Å²) >= 11 is 1.68. The second kappa shape index (κ2) is 12.8. The third kappa shape index (κ3) is 6.57. The number of carbonyl (C=O) groups is 2. The molecule has 2 aliphatic rings. The first-order chi connectivity index (χ1) is 20.1. The van der Waals surface area contributed by atoms with Gasteiger partial charge < -0.3 is 14.6 Å². The van der Waals surface area contributed by atoms with Crippen LogP contribution in [-0.2, 0) is 18.7 Å². The lowest BCUT2D eigenvalue weighted by Gasteiger charge is -2.25. The summed E-state index contributed by atoms with van der Waals surface area (Å²) in [6, 6.07) is 22.3. The quantitative estimate of drug-likeness (QED) is 0.206. The maximum atomic E-state index is 12.9. The van der Waals surface area contributed by atoms with Gasteiger partial charge in [0.2, 0.25) is 0 Å². The highest BCUT2D eigenvalue weighted by molar-refractivity contribution is 7.98. The van der Waals surface area contributed by atoms with Crippen molar-refractivity contribution < 1.29 is 14.3 Å². The van der Waals surface area contributed by atoms with Crippen LogP contribution in [0.1, 0.15) is 82.0 Å². The van der Waals surface area contributed by atoms with Crippen molar-refractivity contribution in [1.82, 2.24) is 14.9 Å². The van der Waals surface area contributed by atoms with E-state index in [9.17, 15) is 9.59 Å². The number of carbonyl (C=O) groups excluding carboxylic acids is 2. The number of hydrogen-bond acceptors (Lipinski definition) is 5. The van der Waals surface area contributed by atoms with Gasteiger partial charge >= 0.3 is 0 Å². The summed E-state index contributed by atoms with van der Waals surface area (Å²) in [4.78, 5) is 31.0. The number of ether oxygens (including phenoxy) is 1. The number of nitrogens with one attached hydrogen (secondary N) is 1. The molecule has 1 N–H and O–H groups in total. The molecule has 0 bridgehead atoms. The van der Waals surface area contributed by atoms with E-state index in [1.807, 2.05) is 65.4 Å². The van der Waals surface area contributed by atoms with Crippen LogP contribution >= 0.6 is 11.8 Å². The lowest BCUT2D eigenvalue weighted by atomic mass is 9.87. The van der Waals surface area contributed by atoms with Crippen molar-refractivity contribution in [3.8, 4) is 5.75 Å². The highest BCUT2D eigenvalue weighted by Crippen LogP contribution is 2.38. The van der Waals surface area contributed by atoms with E-state index in [0.717, 1.165) is 58.6 Å². The first-order valence-corrected chi connectivity index (χ1v) is 15.5. The van der Waals surface area contributed by atoms with E-state index >= 15 is 0 Å². The molecule has 1 amide bonds. The number of benzene rings is 3. The van der Waals surface area contributed by atoms with Gasteiger partial charge in [0.25, 0.3) is 5.91 Å². The molecular weight excluding hydrogens is 530 g/mol. The Labute approximate surface area is 245 Å². The van der Waals surface area contributed by atoms with Crippen LogP contribution in [0.4, 0.5) is 0 Å². The Balaban J connectivity index is 1.27. The zero-order chi connectivity index (χ0) is 28.0. The van der Waals surface area contributed by atoms with Crippen molar-refractivity contribution in [2.75, 3.05) is 0 Å². The fourth-order valence-corrected chi connectivity index (χ4v) is 6.90. The van der Waals surface area contributed by atoms with Crippen LogP contribution in [0.5, 0.6) is 5.75 Å². The zero-order valence-electron chi connectivity index (χ0n) is 23.1. The molecule has 7 heteroatoms. The van der Waals surface area contributed by atoms with E-state index in [1.54, 1.807) is 24.3 Å². The van der Waals surface area contributed by atoms with Gasteiger partial charge in [0, 0.05) is 52.2 Å². The van der Waals surface area contributed by atoms with E-state index in [2.05, 4.69) is 22.4 Å². The van der Waals surface area contributed by atoms with Gasteiger partial charge in [-0.1, -0.05) is 49.2 Å². The largest absolute Gasteiger partial charge is 0.484 e. The molecule has 0 radical (unpaired) electrons. The first-order valence-electron chi connectivity index (χ1n) is 14.5. The number of rotatable bonds is 10. The topological polar surface area (TPSA) is 73.2 Å². The van der Waals surface area contributed by atoms with E-state index in [1.165, 1.54) is 12.8 Å². The Morgan fingerprint density at radius 3 is 2.68 bits per heavy atom. The summed E-state index contributed by atoms with van der Waals surface area (Å²) in [6.07, 6.45) is 12.1. The average Bonchev–Trinajstić information content (AvgIpc) is 3.72. The zero-order valence-corrected chi connectivity index (χ0v) is 23.9. The van der Waals surface area contributed by atoms with Crippen molar-refractivity contribution in [1.29, 1.82) is 0 Å². The number of Topliss-reactive ketones (excluding diaryl/α,β-unsaturated/α-hetero) is 1. The van der Waals surface area contributed by atoms with Crippen molar-refractivity contribution >= 4 is 23.5 Å². The lowest BCUT2D eigenvalue weighted by molar-refractivity contribution is 0.0935. The number of nitrogens with zero attached hydrogens (tertiary/aromatic N) is 2. The van der Waals surface area contributed by atoms with Gasteiger partial charge in [-0.25, -0.2) is 4.98 Å². The Kier molecular flexibility index (Phi) is 8.52. The molecule has 1 aromatic heterocycles. The molecular formula is C34H35N3O3S. The molecule has 1 unspecified atom stereocenters. The van der Waals surface area contributed by atoms with Crippen LogP contribution in [0.15, 0.2) is 90.3 Å². The Morgan fingerprint density at radius 2 is 1.88 bits per heavy atom. The summed E-state index contributed by atoms with van der Waals surface area (Å²) in [6.45, 7) is 0.616. The van der Waals surface area contributed by atoms with Crippen LogP contribution in [0.3, 0.4) is 0 Å². The van der Waals surface area contributed by atoms with Gasteiger partial charge in [-0.2, -0.15) is 0 Å². The van der Waals surface area contributed by atoms with Crippen LogP contribution in [-0.4, -0.2) is 27.3 Å². The summed E-state index contributed by atoms with van der Waals surface area (Å²) < 4.78 is 8.82. The summed E-state index contributed by atoms with van der Waals surface area (Å²) in [5.74, 6) is 1.64. The molecule has 6 rings (SSSR count). The van der Waals surface area contributed by atoms with Crippen molar-refractivity contribution in [3.63, 3.8) is 0 Å². The minimum absolute atomic E-state index is 0.00346. The predicted octanol–water partition coefficient (Wildman–Crippen LogP) is 7.19. The van der Waals surface area contributed by atoms with Crippen LogP contribution < -0.4 is 10.1 Å². The Hall–Kier alpha value is -3.84. The van der Waals surface area contributed by atoms with Crippen LogP contribution in [0, 0.1) is 0 Å². The maximum Gasteiger partial charge on any atom is 0.251 e. The van der Waals surface area contributed by atoms with Crippen LogP contribution in [0.25, 0.3) is 0 Å². The van der Waals surface area contributed by atoms with Gasteiger partial charge in [0.15, 0.2) is 5.78 Å². The third-order valence-corrected chi connectivity index (χ3v) is 9.09. The SMILES string of the molecule is O=C(NC1CCCC1)c1cccc(SCc2c(OC(Cn3ccnc3)c3ccccc3)ccc3c2CCCC3=O)c1. The number of fused-ring (bicyclic) bond motifs is 1. The number of ketones is 1. The summed E-state index contributed by atoms with van der Waals surface area (Å²) in [5, 5.41) is 3.19. The van der Waals surface area contributed by atoms with Crippen molar-refractivity contribution in [2.45, 2.75) is 74.3 Å². The summed E-state index contributed by atoms with van der Waals surface area (Å²) in [5.41, 5.74) is 4.74. The number of amides is 1. The van der Waals surface area contributed by atoms with E-state index in [-0.39, 0.29) is 23.8 Å². The van der Waals surface area contributed by atoms with Gasteiger partial charge in [0.1, 0.15) is 11.9 Å². The van der Waals surface area contributed by atoms with Gasteiger partial charge in [-0.15, -0.1) is 11.8 Å². The minimum atomic E-state index is -0.228. The second-order valence-electron chi connectivity index (χ2n) is 10.9. The molecule has 210 valence electrons. The van der Waals surface area contributed by atoms with Gasteiger partial charge in [-0.3, -0.25) is 9.59 Å². The fourth-order valence-electron chi connectivity index (χ4n) is 5.89. The smallest absolute Gasteiger partial charge is 0.251 e. The molecule has 0 spiro atoms. The Morgan fingerprint density at radius 1 is 1.02 bits per heavy atom. The van der Waals surface area contributed by atoms with E-state index < -0.39 is 0 Å². The van der Waals surface area contributed by atoms with Gasteiger partial charge in [0.05, 0.1) is 12.9 Å². The molecule has 6 nitrogen and oxygen atoms in total. The van der Waals surface area contributed by atoms with E-state index in [0.29, 0.717) is 24.3 Å². The van der Waals surface area contributed by atoms with Gasteiger partial charge in [-0.05, 0) is 67.1 Å². The summed E-state index contributed by atoms with van der Waals surface area (Å²) in [7, 11) is 0. The molecule has 4 aromatic rings. The molecule has 3 aromatic carbocycles. The molecule has 41 heavy (non-hydrogen) atoms. The fraction of sp³-hybridized carbons (Fsp3) is 0.324. The Bertz CT molecular complexity index is 1500. The number of thioether (sulfide) groups is 1. The van der Waals surface area contributed by atoms with Crippen molar-refractivity contribution in [2.24, 2.45) is 0 Å². The standard InChI is InChI=1S/C34H35N3O3S/c38-31-15-7-14-28-29(31)16-17-32(40-33(21-37-19-18-35-23-37)24-8-2-1-3-9-24)30(28)22-41-27-13-6-10-25(20-27)34(39)36-26-11-4-5-12-26/h1-3,6,8-10,13,16-20,23,26,33H,4-5,7,11-12,14-15,21-22H2,(H,36,39). The average molecular weight is 566 g/mol. The lowest BCUT2D eigenvalue weighted by Crippen LogP contribution is -2.32. The van der Waals surface area contributed by atoms with E-state index in [4.69, 9.17) is 4.74 Å². The molecule has 2 aliphatic carbocycles.